The maximum Gasteiger partial charge on any atom is 0.306 e. The number of rotatable bonds is 43. The monoisotopic (exact) mass is 859 g/mol. The highest BCUT2D eigenvalue weighted by molar-refractivity contribution is 5.71. The third-order valence-corrected chi connectivity index (χ3v) is 10.2. The van der Waals surface area contributed by atoms with Crippen molar-refractivity contribution in [2.45, 2.75) is 213 Å². The highest BCUT2D eigenvalue weighted by Gasteiger charge is 2.19. The largest absolute Gasteiger partial charge is 0.462 e. The number of unbranched alkanes of at least 4 members (excludes halogenated alkanes) is 20. The molecule has 0 aliphatic rings. The molecule has 0 bridgehead atoms. The van der Waals surface area contributed by atoms with Crippen LogP contribution in [-0.4, -0.2) is 37.2 Å². The molecule has 350 valence electrons. The number of carbonyl (C=O) groups excluding carboxylic acids is 3. The van der Waals surface area contributed by atoms with Crippen LogP contribution in [0, 0.1) is 0 Å². The second-order valence-corrected chi connectivity index (χ2v) is 16.1. The van der Waals surface area contributed by atoms with Gasteiger partial charge in [0.1, 0.15) is 13.2 Å². The minimum Gasteiger partial charge on any atom is -0.462 e. The van der Waals surface area contributed by atoms with Crippen LogP contribution in [0.3, 0.4) is 0 Å². The first-order valence-electron chi connectivity index (χ1n) is 25.0. The molecule has 0 radical (unpaired) electrons. The molecule has 0 heterocycles. The van der Waals surface area contributed by atoms with Gasteiger partial charge in [-0.1, -0.05) is 214 Å². The van der Waals surface area contributed by atoms with Gasteiger partial charge in [0.15, 0.2) is 6.10 Å². The van der Waals surface area contributed by atoms with Crippen molar-refractivity contribution in [3.63, 3.8) is 0 Å². The van der Waals surface area contributed by atoms with Gasteiger partial charge in [-0.15, -0.1) is 0 Å². The summed E-state index contributed by atoms with van der Waals surface area (Å²) in [6.07, 6.45) is 66.4. The van der Waals surface area contributed by atoms with E-state index in [0.717, 1.165) is 103 Å². The molecule has 0 aliphatic carbocycles. The van der Waals surface area contributed by atoms with Gasteiger partial charge >= 0.3 is 17.9 Å². The molecule has 1 unspecified atom stereocenters. The fourth-order valence-electron chi connectivity index (χ4n) is 6.44. The lowest BCUT2D eigenvalue weighted by molar-refractivity contribution is -0.167. The molecule has 0 N–H and O–H groups in total. The molecule has 6 nitrogen and oxygen atoms in total. The van der Waals surface area contributed by atoms with E-state index in [1.54, 1.807) is 0 Å². The average molecular weight is 859 g/mol. The lowest BCUT2D eigenvalue weighted by atomic mass is 10.1. The number of allylic oxidation sites excluding steroid dienone is 18. The van der Waals surface area contributed by atoms with E-state index in [1.807, 2.05) is 36.5 Å². The summed E-state index contributed by atoms with van der Waals surface area (Å²) >= 11 is 0. The Labute approximate surface area is 380 Å². The van der Waals surface area contributed by atoms with Gasteiger partial charge in [0, 0.05) is 19.3 Å². The van der Waals surface area contributed by atoms with Crippen molar-refractivity contribution in [3.05, 3.63) is 109 Å². The minimum absolute atomic E-state index is 0.112. The Morgan fingerprint density at radius 3 is 1.02 bits per heavy atom. The Bertz CT molecular complexity index is 1310. The third kappa shape index (κ3) is 47.1. The molecule has 0 spiro atoms. The highest BCUT2D eigenvalue weighted by Crippen LogP contribution is 2.13. The van der Waals surface area contributed by atoms with Crippen LogP contribution in [0.15, 0.2) is 109 Å². The van der Waals surface area contributed by atoms with Gasteiger partial charge in [-0.2, -0.15) is 0 Å². The summed E-state index contributed by atoms with van der Waals surface area (Å²) in [5.74, 6) is -0.995. The van der Waals surface area contributed by atoms with Gasteiger partial charge in [0.25, 0.3) is 0 Å². The van der Waals surface area contributed by atoms with Gasteiger partial charge < -0.3 is 14.2 Å². The van der Waals surface area contributed by atoms with Crippen LogP contribution in [0.25, 0.3) is 0 Å². The van der Waals surface area contributed by atoms with Gasteiger partial charge in [0.05, 0.1) is 0 Å². The fraction of sp³-hybridized carbons (Fsp3) is 0.625. The number of carbonyl (C=O) groups is 3. The zero-order valence-electron chi connectivity index (χ0n) is 39.8. The number of ether oxygens (including phenoxy) is 3. The van der Waals surface area contributed by atoms with Crippen LogP contribution in [0.5, 0.6) is 0 Å². The highest BCUT2D eigenvalue weighted by atomic mass is 16.6. The second-order valence-electron chi connectivity index (χ2n) is 16.1. The molecule has 0 fully saturated rings. The molecule has 0 rings (SSSR count). The standard InChI is InChI=1S/C56H90O6/c1-4-7-10-13-16-19-22-25-27-29-31-34-37-40-43-46-49-55(58)61-52-53(51-60-54(57)48-45-42-39-36-33-30-24-21-18-15-12-9-6-3)62-56(59)50-47-44-41-38-35-32-28-26-23-20-17-14-11-8-5-2/h8-9,11-12,14-15,17-18,20-21,23-24,27,29-31,33-34,53H,4-7,10,13,16,19,22,25-26,28,32,35-52H2,1-3H3/b11-8+,12-9+,17-14+,18-15+,23-20+,24-21+,29-27+,33-30+,34-31+. The average Bonchev–Trinajstić information content (AvgIpc) is 3.27. The van der Waals surface area contributed by atoms with E-state index in [4.69, 9.17) is 14.2 Å². The molecule has 0 aromatic rings. The predicted octanol–water partition coefficient (Wildman–Crippen LogP) is 16.4. The van der Waals surface area contributed by atoms with E-state index < -0.39 is 6.10 Å². The lowest BCUT2D eigenvalue weighted by Crippen LogP contribution is -2.30. The SMILES string of the molecule is CC/C=C/C=C/C=C/C=C/CCCCCC(=O)OCC(COC(=O)CCCCC/C=C/C=C/CCCCCCCCC)OC(=O)CCCCCCCCC/C=C/C=C/C=C/CC. The molecular formula is C56H90O6. The van der Waals surface area contributed by atoms with Crippen LogP contribution in [0.4, 0.5) is 0 Å². The first-order valence-corrected chi connectivity index (χ1v) is 25.0. The van der Waals surface area contributed by atoms with E-state index in [9.17, 15) is 14.4 Å². The Hall–Kier alpha value is -3.93. The molecule has 0 saturated heterocycles. The van der Waals surface area contributed by atoms with Crippen LogP contribution < -0.4 is 0 Å². The van der Waals surface area contributed by atoms with Gasteiger partial charge in [-0.25, -0.2) is 0 Å². The van der Waals surface area contributed by atoms with Crippen LogP contribution in [-0.2, 0) is 28.6 Å². The summed E-state index contributed by atoms with van der Waals surface area (Å²) in [5.41, 5.74) is 0. The summed E-state index contributed by atoms with van der Waals surface area (Å²) in [7, 11) is 0. The smallest absolute Gasteiger partial charge is 0.306 e. The molecule has 0 saturated carbocycles. The Balaban J connectivity index is 4.52. The van der Waals surface area contributed by atoms with Crippen LogP contribution in [0.1, 0.15) is 207 Å². The molecule has 6 heteroatoms. The van der Waals surface area contributed by atoms with Crippen molar-refractivity contribution in [2.75, 3.05) is 13.2 Å². The van der Waals surface area contributed by atoms with Crippen molar-refractivity contribution in [1.29, 1.82) is 0 Å². The molecular weight excluding hydrogens is 769 g/mol. The second kappa shape index (κ2) is 49.7. The summed E-state index contributed by atoms with van der Waals surface area (Å²) < 4.78 is 16.7. The van der Waals surface area contributed by atoms with E-state index in [1.165, 1.54) is 64.2 Å². The molecule has 62 heavy (non-hydrogen) atoms. The maximum absolute atomic E-state index is 12.8. The van der Waals surface area contributed by atoms with Crippen molar-refractivity contribution in [1.82, 2.24) is 0 Å². The first-order chi connectivity index (χ1) is 30.5. The number of hydrogen-bond acceptors (Lipinski definition) is 6. The summed E-state index contributed by atoms with van der Waals surface area (Å²) in [6, 6.07) is 0. The first kappa shape index (κ1) is 58.1. The van der Waals surface area contributed by atoms with Gasteiger partial charge in [0.2, 0.25) is 0 Å². The minimum atomic E-state index is -0.813. The quantitative estimate of drug-likeness (QED) is 0.0263. The van der Waals surface area contributed by atoms with Crippen molar-refractivity contribution in [3.8, 4) is 0 Å². The van der Waals surface area contributed by atoms with Crippen molar-refractivity contribution in [2.24, 2.45) is 0 Å². The Morgan fingerprint density at radius 2 is 0.629 bits per heavy atom. The van der Waals surface area contributed by atoms with E-state index in [2.05, 4.69) is 93.7 Å². The van der Waals surface area contributed by atoms with E-state index in [0.29, 0.717) is 19.3 Å². The third-order valence-electron chi connectivity index (χ3n) is 10.2. The molecule has 0 aromatic heterocycles. The van der Waals surface area contributed by atoms with Crippen molar-refractivity contribution < 1.29 is 28.6 Å². The molecule has 0 aromatic carbocycles. The topological polar surface area (TPSA) is 78.9 Å². The molecule has 0 amide bonds. The molecule has 0 aliphatic heterocycles. The fourth-order valence-corrected chi connectivity index (χ4v) is 6.44. The van der Waals surface area contributed by atoms with E-state index in [-0.39, 0.29) is 31.1 Å². The number of hydrogen-bond donors (Lipinski definition) is 0. The zero-order chi connectivity index (χ0) is 45.1. The van der Waals surface area contributed by atoms with Crippen LogP contribution >= 0.6 is 0 Å². The normalized spacial score (nSPS) is 13.0. The summed E-state index contributed by atoms with van der Waals surface area (Å²) in [5, 5.41) is 0. The lowest BCUT2D eigenvalue weighted by Gasteiger charge is -2.18. The van der Waals surface area contributed by atoms with E-state index >= 15 is 0 Å². The van der Waals surface area contributed by atoms with Gasteiger partial charge in [-0.05, 0) is 83.5 Å². The Kier molecular flexibility index (Phi) is 46.6. The molecule has 1 atom stereocenters. The summed E-state index contributed by atoms with van der Waals surface area (Å²) in [4.78, 5) is 37.9. The maximum atomic E-state index is 12.8. The van der Waals surface area contributed by atoms with Crippen molar-refractivity contribution >= 4 is 17.9 Å². The number of esters is 3. The predicted molar refractivity (Wildman–Crippen MR) is 265 cm³/mol. The van der Waals surface area contributed by atoms with Gasteiger partial charge in [-0.3, -0.25) is 14.4 Å². The summed E-state index contributed by atoms with van der Waals surface area (Å²) in [6.45, 7) is 6.27. The Morgan fingerprint density at radius 1 is 0.339 bits per heavy atom. The zero-order valence-corrected chi connectivity index (χ0v) is 39.8. The van der Waals surface area contributed by atoms with Crippen LogP contribution in [0.2, 0.25) is 0 Å².